The van der Waals surface area contributed by atoms with Crippen molar-refractivity contribution >= 4 is 17.3 Å². The molecule has 0 aromatic rings. The van der Waals surface area contributed by atoms with Gasteiger partial charge in [-0.2, -0.15) is 0 Å². The number of rotatable bonds is 0. The number of nitrogens with zero attached hydrogens (tertiary/aromatic N) is 1. The van der Waals surface area contributed by atoms with E-state index in [0.717, 1.165) is 11.5 Å². The van der Waals surface area contributed by atoms with Crippen LogP contribution in [0.1, 0.15) is 20.3 Å². The Morgan fingerprint density at radius 2 is 2.44 bits per heavy atom. The zero-order valence-electron chi connectivity index (χ0n) is 5.69. The molecule has 0 bridgehead atoms. The highest BCUT2D eigenvalue weighted by Crippen LogP contribution is 2.20. The molecule has 0 fully saturated rings. The normalized spacial score (nSPS) is 27.2. The van der Waals surface area contributed by atoms with Crippen LogP contribution in [0.3, 0.4) is 0 Å². The number of halogens is 1. The van der Waals surface area contributed by atoms with Crippen LogP contribution in [0.25, 0.3) is 0 Å². The van der Waals surface area contributed by atoms with Crippen molar-refractivity contribution < 1.29 is 0 Å². The Kier molecular flexibility index (Phi) is 1.91. The fourth-order valence-electron chi connectivity index (χ4n) is 0.792. The molecular weight excluding hydrogens is 134 g/mol. The molecule has 1 aliphatic heterocycles. The average Bonchev–Trinajstić information content (AvgIpc) is 1.80. The summed E-state index contributed by atoms with van der Waals surface area (Å²) in [5, 5.41) is 0.869. The first-order valence-corrected chi connectivity index (χ1v) is 3.47. The molecule has 0 aromatic heterocycles. The van der Waals surface area contributed by atoms with Gasteiger partial charge in [-0.25, -0.2) is 0 Å². The molecule has 2 heteroatoms. The second kappa shape index (κ2) is 2.53. The summed E-state index contributed by atoms with van der Waals surface area (Å²) in [6.45, 7) is 4.17. The standard InChI is InChI=1S/C7H10ClN/c1-5-3-7(8)4-9-6(5)2/h4-5H,3H2,1-2H3. The van der Waals surface area contributed by atoms with Gasteiger partial charge in [0, 0.05) is 16.9 Å². The first kappa shape index (κ1) is 6.81. The van der Waals surface area contributed by atoms with E-state index < -0.39 is 0 Å². The lowest BCUT2D eigenvalue weighted by molar-refractivity contribution is 0.763. The van der Waals surface area contributed by atoms with Gasteiger partial charge in [0.25, 0.3) is 0 Å². The van der Waals surface area contributed by atoms with Crippen molar-refractivity contribution in [2.75, 3.05) is 0 Å². The number of hydrogen-bond donors (Lipinski definition) is 0. The minimum absolute atomic E-state index is 0.530. The van der Waals surface area contributed by atoms with E-state index in [1.54, 1.807) is 6.20 Å². The molecule has 9 heavy (non-hydrogen) atoms. The highest BCUT2D eigenvalue weighted by atomic mass is 35.5. The van der Waals surface area contributed by atoms with Crippen molar-refractivity contribution in [3.8, 4) is 0 Å². The van der Waals surface area contributed by atoms with Crippen molar-refractivity contribution in [2.24, 2.45) is 10.9 Å². The van der Waals surface area contributed by atoms with Crippen LogP contribution in [0, 0.1) is 5.92 Å². The van der Waals surface area contributed by atoms with E-state index in [0.29, 0.717) is 5.92 Å². The molecule has 1 nitrogen and oxygen atoms in total. The summed E-state index contributed by atoms with van der Waals surface area (Å²) in [7, 11) is 0. The molecule has 0 saturated heterocycles. The summed E-state index contributed by atoms with van der Waals surface area (Å²) >= 11 is 5.73. The molecule has 0 N–H and O–H groups in total. The lowest BCUT2D eigenvalue weighted by atomic mass is 10.0. The lowest BCUT2D eigenvalue weighted by Crippen LogP contribution is -2.09. The van der Waals surface area contributed by atoms with Gasteiger partial charge in [0.1, 0.15) is 0 Å². The van der Waals surface area contributed by atoms with Crippen LogP contribution in [0.4, 0.5) is 0 Å². The molecule has 0 aliphatic carbocycles. The average molecular weight is 144 g/mol. The molecule has 1 unspecified atom stereocenters. The Morgan fingerprint density at radius 1 is 1.78 bits per heavy atom. The van der Waals surface area contributed by atoms with Crippen LogP contribution in [-0.2, 0) is 0 Å². The van der Waals surface area contributed by atoms with Crippen molar-refractivity contribution in [3.63, 3.8) is 0 Å². The highest BCUT2D eigenvalue weighted by Gasteiger charge is 2.10. The van der Waals surface area contributed by atoms with Crippen molar-refractivity contribution in [1.82, 2.24) is 0 Å². The fraction of sp³-hybridized carbons (Fsp3) is 0.571. The van der Waals surface area contributed by atoms with Gasteiger partial charge in [0.05, 0.1) is 0 Å². The van der Waals surface area contributed by atoms with Crippen LogP contribution < -0.4 is 0 Å². The quantitative estimate of drug-likeness (QED) is 0.494. The molecule has 0 spiro atoms. The first-order chi connectivity index (χ1) is 4.20. The summed E-state index contributed by atoms with van der Waals surface area (Å²) in [5.41, 5.74) is 1.18. The smallest absolute Gasteiger partial charge is 0.0412 e. The molecule has 0 radical (unpaired) electrons. The predicted molar refractivity (Wildman–Crippen MR) is 40.8 cm³/mol. The zero-order valence-corrected chi connectivity index (χ0v) is 6.44. The largest absolute Gasteiger partial charge is 0.264 e. The van der Waals surface area contributed by atoms with E-state index in [-0.39, 0.29) is 0 Å². The molecule has 1 heterocycles. The third kappa shape index (κ3) is 1.55. The first-order valence-electron chi connectivity index (χ1n) is 3.09. The SMILES string of the molecule is CC1=NC=C(Cl)CC1C. The van der Waals surface area contributed by atoms with E-state index in [2.05, 4.69) is 11.9 Å². The monoisotopic (exact) mass is 143 g/mol. The zero-order chi connectivity index (χ0) is 6.85. The minimum Gasteiger partial charge on any atom is -0.264 e. The van der Waals surface area contributed by atoms with Crippen molar-refractivity contribution in [2.45, 2.75) is 20.3 Å². The Morgan fingerprint density at radius 3 is 2.89 bits per heavy atom. The van der Waals surface area contributed by atoms with E-state index in [4.69, 9.17) is 11.6 Å². The lowest BCUT2D eigenvalue weighted by Gasteiger charge is -2.13. The van der Waals surface area contributed by atoms with Crippen LogP contribution >= 0.6 is 11.6 Å². The highest BCUT2D eigenvalue weighted by molar-refractivity contribution is 6.29. The van der Waals surface area contributed by atoms with Gasteiger partial charge in [-0.1, -0.05) is 18.5 Å². The molecule has 1 rings (SSSR count). The predicted octanol–water partition coefficient (Wildman–Crippen LogP) is 2.57. The van der Waals surface area contributed by atoms with Gasteiger partial charge in [-0.15, -0.1) is 0 Å². The van der Waals surface area contributed by atoms with Gasteiger partial charge >= 0.3 is 0 Å². The van der Waals surface area contributed by atoms with Gasteiger partial charge in [-0.3, -0.25) is 4.99 Å². The Hall–Kier alpha value is -0.300. The van der Waals surface area contributed by atoms with Gasteiger partial charge < -0.3 is 0 Å². The number of hydrogen-bond acceptors (Lipinski definition) is 1. The molecular formula is C7H10ClN. The Balaban J connectivity index is 2.74. The molecule has 0 saturated carbocycles. The summed E-state index contributed by atoms with van der Waals surface area (Å²) in [4.78, 5) is 4.11. The summed E-state index contributed by atoms with van der Waals surface area (Å²) in [6.07, 6.45) is 2.69. The number of allylic oxidation sites excluding steroid dienone is 1. The maximum atomic E-state index is 5.73. The van der Waals surface area contributed by atoms with Crippen LogP contribution in [0.2, 0.25) is 0 Å². The van der Waals surface area contributed by atoms with E-state index >= 15 is 0 Å². The number of aliphatic imine (C=N–C) groups is 1. The third-order valence-electron chi connectivity index (χ3n) is 1.62. The van der Waals surface area contributed by atoms with Gasteiger partial charge in [-0.05, 0) is 19.3 Å². The van der Waals surface area contributed by atoms with E-state index in [1.165, 1.54) is 5.71 Å². The second-order valence-electron chi connectivity index (χ2n) is 2.45. The Labute approximate surface area is 60.4 Å². The van der Waals surface area contributed by atoms with E-state index in [1.807, 2.05) is 6.92 Å². The molecule has 1 atom stereocenters. The topological polar surface area (TPSA) is 12.4 Å². The van der Waals surface area contributed by atoms with Crippen LogP contribution in [0.15, 0.2) is 16.2 Å². The maximum Gasteiger partial charge on any atom is 0.0412 e. The molecule has 0 aromatic carbocycles. The molecule has 1 aliphatic rings. The summed E-state index contributed by atoms with van der Waals surface area (Å²) in [6, 6.07) is 0. The second-order valence-corrected chi connectivity index (χ2v) is 2.94. The van der Waals surface area contributed by atoms with Crippen molar-refractivity contribution in [1.29, 1.82) is 0 Å². The fourth-order valence-corrected chi connectivity index (χ4v) is 1.07. The molecule has 0 amide bonds. The Bertz CT molecular complexity index is 170. The van der Waals surface area contributed by atoms with Crippen molar-refractivity contribution in [3.05, 3.63) is 11.2 Å². The maximum absolute atomic E-state index is 5.73. The van der Waals surface area contributed by atoms with Crippen LogP contribution in [-0.4, -0.2) is 5.71 Å². The summed E-state index contributed by atoms with van der Waals surface area (Å²) < 4.78 is 0. The van der Waals surface area contributed by atoms with Crippen LogP contribution in [0.5, 0.6) is 0 Å². The van der Waals surface area contributed by atoms with Gasteiger partial charge in [0.15, 0.2) is 0 Å². The summed E-state index contributed by atoms with van der Waals surface area (Å²) in [5.74, 6) is 0.530. The van der Waals surface area contributed by atoms with Gasteiger partial charge in [0.2, 0.25) is 0 Å². The third-order valence-corrected chi connectivity index (χ3v) is 1.87. The molecule has 50 valence electrons. The minimum atomic E-state index is 0.530. The van der Waals surface area contributed by atoms with E-state index in [9.17, 15) is 0 Å².